The molecule has 18 aromatic rings. The van der Waals surface area contributed by atoms with Crippen LogP contribution in [0.5, 0.6) is 0 Å². The molecule has 17 aromatic carbocycles. The summed E-state index contributed by atoms with van der Waals surface area (Å²) in [6.45, 7) is 0. The first kappa shape index (κ1) is 55.4. The van der Waals surface area contributed by atoms with Crippen molar-refractivity contribution in [3.8, 4) is 117 Å². The fourth-order valence-electron chi connectivity index (χ4n) is 14.9. The molecule has 95 heavy (non-hydrogen) atoms. The Hall–Kier alpha value is -12.4. The first-order valence-corrected chi connectivity index (χ1v) is 32.9. The Morgan fingerprint density at radius 2 is 0.442 bits per heavy atom. The zero-order chi connectivity index (χ0) is 62.8. The van der Waals surface area contributed by atoms with Gasteiger partial charge in [0.15, 0.2) is 0 Å². The van der Waals surface area contributed by atoms with E-state index in [1.54, 1.807) is 0 Å². The molecule has 0 amide bonds. The standard InChI is InChI=1S/C94H61N/c1-5-21-62(22-6-1)64-37-41-66(42-38-64)70-45-49-81(87(56-70)68-25-9-3-10-26-68)74-47-51-93-91(60-74)92-61-75(82-50-46-71(57-88(82)69-27-11-4-12-28-69)67-43-39-65(40-44-67)63-23-7-2-8-24-63)48-52-94(92)95(93)78-54-76(89-58-72-29-13-15-31-79(72)83-33-17-19-35-85(83)89)53-77(55-78)90-59-73-30-14-16-32-80(73)84-34-18-20-36-86(84)90/h1-61H. The van der Waals surface area contributed by atoms with Crippen LogP contribution in [0.15, 0.2) is 370 Å². The summed E-state index contributed by atoms with van der Waals surface area (Å²) in [7, 11) is 0. The Labute approximate surface area is 553 Å². The molecule has 0 aliphatic carbocycles. The summed E-state index contributed by atoms with van der Waals surface area (Å²) >= 11 is 0. The van der Waals surface area contributed by atoms with Crippen LogP contribution in [0.4, 0.5) is 0 Å². The van der Waals surface area contributed by atoms with E-state index in [0.29, 0.717) is 0 Å². The molecule has 0 radical (unpaired) electrons. The average molecular weight is 1200 g/mol. The molecule has 0 unspecified atom stereocenters. The fourth-order valence-corrected chi connectivity index (χ4v) is 14.9. The van der Waals surface area contributed by atoms with Crippen LogP contribution in [0, 0.1) is 0 Å². The molecule has 1 heterocycles. The molecule has 0 spiro atoms. The number of hydrogen-bond donors (Lipinski definition) is 0. The molecule has 1 heteroatoms. The Morgan fingerprint density at radius 1 is 0.137 bits per heavy atom. The minimum Gasteiger partial charge on any atom is -0.309 e. The van der Waals surface area contributed by atoms with Crippen molar-refractivity contribution in [1.82, 2.24) is 4.57 Å². The highest BCUT2D eigenvalue weighted by Gasteiger charge is 2.22. The van der Waals surface area contributed by atoms with Crippen molar-refractivity contribution < 1.29 is 0 Å². The lowest BCUT2D eigenvalue weighted by Gasteiger charge is -2.18. The van der Waals surface area contributed by atoms with Crippen LogP contribution in [0.1, 0.15) is 0 Å². The van der Waals surface area contributed by atoms with Crippen molar-refractivity contribution >= 4 is 64.9 Å². The van der Waals surface area contributed by atoms with Crippen molar-refractivity contribution in [2.75, 3.05) is 0 Å². The smallest absolute Gasteiger partial charge is 0.0541 e. The number of fused-ring (bicyclic) bond motifs is 9. The van der Waals surface area contributed by atoms with Gasteiger partial charge in [-0.15, -0.1) is 0 Å². The van der Waals surface area contributed by atoms with Gasteiger partial charge in [0.2, 0.25) is 0 Å². The Kier molecular flexibility index (Phi) is 13.6. The number of rotatable bonds is 11. The molecule has 0 saturated carbocycles. The maximum atomic E-state index is 2.54. The van der Waals surface area contributed by atoms with Crippen molar-refractivity contribution in [3.63, 3.8) is 0 Å². The Morgan fingerprint density at radius 3 is 0.842 bits per heavy atom. The second-order valence-electron chi connectivity index (χ2n) is 25.1. The van der Waals surface area contributed by atoms with Gasteiger partial charge in [0.05, 0.1) is 11.0 Å². The van der Waals surface area contributed by atoms with Gasteiger partial charge in [-0.05, 0) is 221 Å². The summed E-state index contributed by atoms with van der Waals surface area (Å²) in [4.78, 5) is 0. The topological polar surface area (TPSA) is 4.93 Å². The number of aromatic nitrogens is 1. The molecular formula is C94H61N. The second kappa shape index (κ2) is 23.4. The average Bonchev–Trinajstić information content (AvgIpc) is 1.57. The van der Waals surface area contributed by atoms with Gasteiger partial charge in [-0.2, -0.15) is 0 Å². The van der Waals surface area contributed by atoms with E-state index in [1.165, 1.54) is 143 Å². The van der Waals surface area contributed by atoms with Gasteiger partial charge in [-0.1, -0.05) is 303 Å². The number of nitrogens with zero attached hydrogens (tertiary/aromatic N) is 1. The maximum absolute atomic E-state index is 2.54. The molecule has 0 aliphatic rings. The fraction of sp³-hybridized carbons (Fsp3) is 0. The quantitative estimate of drug-likeness (QED) is 0.114. The van der Waals surface area contributed by atoms with E-state index in [1.807, 2.05) is 0 Å². The summed E-state index contributed by atoms with van der Waals surface area (Å²) in [6.07, 6.45) is 0. The predicted molar refractivity (Wildman–Crippen MR) is 405 cm³/mol. The van der Waals surface area contributed by atoms with Gasteiger partial charge in [0.25, 0.3) is 0 Å². The van der Waals surface area contributed by atoms with E-state index in [2.05, 4.69) is 375 Å². The lowest BCUT2D eigenvalue weighted by Crippen LogP contribution is -1.97. The Bertz CT molecular complexity index is 5600. The number of benzene rings is 17. The molecule has 0 saturated heterocycles. The molecule has 442 valence electrons. The first-order valence-electron chi connectivity index (χ1n) is 32.9. The van der Waals surface area contributed by atoms with Gasteiger partial charge >= 0.3 is 0 Å². The van der Waals surface area contributed by atoms with Crippen LogP contribution in [-0.2, 0) is 0 Å². The van der Waals surface area contributed by atoms with E-state index in [4.69, 9.17) is 0 Å². The third-order valence-corrected chi connectivity index (χ3v) is 19.6. The third kappa shape index (κ3) is 9.98. The highest BCUT2D eigenvalue weighted by Crippen LogP contribution is 2.46. The van der Waals surface area contributed by atoms with Crippen molar-refractivity contribution in [3.05, 3.63) is 370 Å². The van der Waals surface area contributed by atoms with E-state index in [-0.39, 0.29) is 0 Å². The highest BCUT2D eigenvalue weighted by molar-refractivity contribution is 6.17. The zero-order valence-electron chi connectivity index (χ0n) is 52.2. The van der Waals surface area contributed by atoms with Crippen LogP contribution in [0.2, 0.25) is 0 Å². The summed E-state index contributed by atoms with van der Waals surface area (Å²) in [6, 6.07) is 137. The minimum absolute atomic E-state index is 1.09. The predicted octanol–water partition coefficient (Wildman–Crippen LogP) is 26.1. The third-order valence-electron chi connectivity index (χ3n) is 19.6. The second-order valence-corrected chi connectivity index (χ2v) is 25.1. The lowest BCUT2D eigenvalue weighted by atomic mass is 9.89. The van der Waals surface area contributed by atoms with E-state index in [0.717, 1.165) is 39.0 Å². The first-order chi connectivity index (χ1) is 47.1. The van der Waals surface area contributed by atoms with Crippen LogP contribution in [0.3, 0.4) is 0 Å². The largest absolute Gasteiger partial charge is 0.309 e. The zero-order valence-corrected chi connectivity index (χ0v) is 52.2. The van der Waals surface area contributed by atoms with Crippen molar-refractivity contribution in [1.29, 1.82) is 0 Å². The van der Waals surface area contributed by atoms with Gasteiger partial charge in [0, 0.05) is 16.5 Å². The molecule has 1 nitrogen and oxygen atoms in total. The van der Waals surface area contributed by atoms with Crippen LogP contribution >= 0.6 is 0 Å². The summed E-state index contributed by atoms with van der Waals surface area (Å²) in [5.41, 5.74) is 27.0. The van der Waals surface area contributed by atoms with Crippen molar-refractivity contribution in [2.24, 2.45) is 0 Å². The van der Waals surface area contributed by atoms with Crippen molar-refractivity contribution in [2.45, 2.75) is 0 Å². The Balaban J connectivity index is 0.874. The number of hydrogen-bond acceptors (Lipinski definition) is 0. The molecule has 18 rings (SSSR count). The van der Waals surface area contributed by atoms with Gasteiger partial charge < -0.3 is 4.57 Å². The van der Waals surface area contributed by atoms with E-state index >= 15 is 0 Å². The highest BCUT2D eigenvalue weighted by atomic mass is 15.0. The monoisotopic (exact) mass is 1200 g/mol. The molecule has 0 aliphatic heterocycles. The van der Waals surface area contributed by atoms with Crippen LogP contribution in [0.25, 0.3) is 182 Å². The van der Waals surface area contributed by atoms with Gasteiger partial charge in [-0.25, -0.2) is 0 Å². The molecule has 0 bridgehead atoms. The van der Waals surface area contributed by atoms with Crippen LogP contribution in [-0.4, -0.2) is 4.57 Å². The summed E-state index contributed by atoms with van der Waals surface area (Å²) in [5.74, 6) is 0. The molecular weight excluding hydrogens is 1140 g/mol. The SMILES string of the molecule is c1ccc(-c2ccc(-c3ccc(-c4ccc5c(c4)c4cc(-c6ccc(-c7ccc(-c8ccccc8)cc7)cc6-c6ccccc6)ccc4n5-c4cc(-c5cc6ccccc6c6ccccc56)cc(-c5cc6ccccc6c6ccccc56)c4)c(-c4ccccc4)c3)cc2)cc1. The van der Waals surface area contributed by atoms with E-state index < -0.39 is 0 Å². The normalized spacial score (nSPS) is 11.6. The lowest BCUT2D eigenvalue weighted by molar-refractivity contribution is 1.18. The van der Waals surface area contributed by atoms with Crippen LogP contribution < -0.4 is 0 Å². The van der Waals surface area contributed by atoms with E-state index in [9.17, 15) is 0 Å². The van der Waals surface area contributed by atoms with Gasteiger partial charge in [-0.3, -0.25) is 0 Å². The molecule has 1 aromatic heterocycles. The summed E-state index contributed by atoms with van der Waals surface area (Å²) < 4.78 is 2.54. The molecule has 0 atom stereocenters. The van der Waals surface area contributed by atoms with Gasteiger partial charge in [0.1, 0.15) is 0 Å². The summed E-state index contributed by atoms with van der Waals surface area (Å²) in [5, 5.41) is 12.2. The minimum atomic E-state index is 1.09. The maximum Gasteiger partial charge on any atom is 0.0541 e. The molecule has 0 N–H and O–H groups in total. The molecule has 0 fully saturated rings.